The first-order chi connectivity index (χ1) is 15.8. The summed E-state index contributed by atoms with van der Waals surface area (Å²) in [7, 11) is 0. The van der Waals surface area contributed by atoms with Crippen LogP contribution in [0.3, 0.4) is 0 Å². The number of amides is 2. The molecule has 2 amide bonds. The standard InChI is InChI=1S/C26H32N2O4S/c1-15-9-7-10-16(2)22(15)27-23(29)17(3)32-26(31)21-19-13-8-14-20(19)33-25(21)28-24(30)18-11-5-4-6-12-18/h7,9-10,17-18H,4-6,8,11-14H2,1-3H3,(H,27,29)(H,28,30). The van der Waals surface area contributed by atoms with Gasteiger partial charge >= 0.3 is 5.97 Å². The average molecular weight is 469 g/mol. The number of ether oxygens (including phenoxy) is 1. The van der Waals surface area contributed by atoms with Gasteiger partial charge in [0, 0.05) is 16.5 Å². The Kier molecular flexibility index (Phi) is 7.17. The first-order valence-corrected chi connectivity index (χ1v) is 12.7. The van der Waals surface area contributed by atoms with E-state index in [1.54, 1.807) is 6.92 Å². The van der Waals surface area contributed by atoms with Crippen LogP contribution in [-0.4, -0.2) is 23.9 Å². The van der Waals surface area contributed by atoms with E-state index in [2.05, 4.69) is 10.6 Å². The van der Waals surface area contributed by atoms with Gasteiger partial charge in [0.15, 0.2) is 6.10 Å². The first kappa shape index (κ1) is 23.5. The van der Waals surface area contributed by atoms with Crippen LogP contribution in [0.4, 0.5) is 10.7 Å². The van der Waals surface area contributed by atoms with Crippen molar-refractivity contribution in [3.63, 3.8) is 0 Å². The van der Waals surface area contributed by atoms with Crippen molar-refractivity contribution in [2.45, 2.75) is 78.2 Å². The summed E-state index contributed by atoms with van der Waals surface area (Å²) < 4.78 is 5.61. The average Bonchev–Trinajstić information content (AvgIpc) is 3.37. The second-order valence-electron chi connectivity index (χ2n) is 9.19. The summed E-state index contributed by atoms with van der Waals surface area (Å²) in [6.07, 6.45) is 6.83. The van der Waals surface area contributed by atoms with Gasteiger partial charge < -0.3 is 15.4 Å². The third-order valence-corrected chi connectivity index (χ3v) is 7.93. The number of hydrogen-bond donors (Lipinski definition) is 2. The van der Waals surface area contributed by atoms with Gasteiger partial charge in [0.25, 0.3) is 5.91 Å². The molecule has 1 aromatic heterocycles. The first-order valence-electron chi connectivity index (χ1n) is 11.9. The van der Waals surface area contributed by atoms with Crippen LogP contribution in [0.2, 0.25) is 0 Å². The Bertz CT molecular complexity index is 1050. The van der Waals surface area contributed by atoms with E-state index >= 15 is 0 Å². The highest BCUT2D eigenvalue weighted by molar-refractivity contribution is 7.17. The number of hydrogen-bond acceptors (Lipinski definition) is 5. The highest BCUT2D eigenvalue weighted by atomic mass is 32.1. The van der Waals surface area contributed by atoms with Crippen LogP contribution in [0, 0.1) is 19.8 Å². The Labute approximate surface area is 199 Å². The molecule has 176 valence electrons. The zero-order chi connectivity index (χ0) is 23.5. The molecule has 2 aromatic rings. The van der Waals surface area contributed by atoms with Crippen molar-refractivity contribution in [1.29, 1.82) is 0 Å². The Morgan fingerprint density at radius 1 is 1.00 bits per heavy atom. The molecule has 7 heteroatoms. The SMILES string of the molecule is Cc1cccc(C)c1NC(=O)C(C)OC(=O)c1c(NC(=O)C2CCCCC2)sc2c1CCC2. The lowest BCUT2D eigenvalue weighted by Crippen LogP contribution is -2.31. The molecule has 33 heavy (non-hydrogen) atoms. The van der Waals surface area contributed by atoms with E-state index in [9.17, 15) is 14.4 Å². The lowest BCUT2D eigenvalue weighted by molar-refractivity contribution is -0.124. The van der Waals surface area contributed by atoms with Crippen molar-refractivity contribution in [3.8, 4) is 0 Å². The summed E-state index contributed by atoms with van der Waals surface area (Å²) in [6.45, 7) is 5.43. The maximum Gasteiger partial charge on any atom is 0.342 e. The number of thiophene rings is 1. The van der Waals surface area contributed by atoms with Gasteiger partial charge in [0.1, 0.15) is 5.00 Å². The molecule has 2 aliphatic rings. The highest BCUT2D eigenvalue weighted by Gasteiger charge is 2.32. The van der Waals surface area contributed by atoms with Crippen LogP contribution in [-0.2, 0) is 27.2 Å². The van der Waals surface area contributed by atoms with E-state index < -0.39 is 12.1 Å². The molecule has 1 heterocycles. The number of para-hydroxylation sites is 1. The minimum atomic E-state index is -0.963. The molecule has 0 spiro atoms. The summed E-state index contributed by atoms with van der Waals surface area (Å²) in [5.41, 5.74) is 4.03. The molecule has 2 aliphatic carbocycles. The van der Waals surface area contributed by atoms with Gasteiger partial charge in [-0.2, -0.15) is 0 Å². The van der Waals surface area contributed by atoms with E-state index in [0.29, 0.717) is 10.6 Å². The molecule has 1 atom stereocenters. The van der Waals surface area contributed by atoms with E-state index in [0.717, 1.165) is 72.2 Å². The minimum Gasteiger partial charge on any atom is -0.449 e. The summed E-state index contributed by atoms with van der Waals surface area (Å²) >= 11 is 1.48. The van der Waals surface area contributed by atoms with Gasteiger partial charge in [0.05, 0.1) is 5.56 Å². The predicted molar refractivity (Wildman–Crippen MR) is 131 cm³/mol. The Morgan fingerprint density at radius 2 is 1.70 bits per heavy atom. The number of benzene rings is 1. The number of anilines is 2. The quantitative estimate of drug-likeness (QED) is 0.544. The van der Waals surface area contributed by atoms with Crippen molar-refractivity contribution >= 4 is 39.8 Å². The van der Waals surface area contributed by atoms with Crippen LogP contribution in [0.15, 0.2) is 18.2 Å². The molecule has 1 aromatic carbocycles. The number of rotatable bonds is 6. The van der Waals surface area contributed by atoms with Gasteiger partial charge in [-0.25, -0.2) is 4.79 Å². The summed E-state index contributed by atoms with van der Waals surface area (Å²) in [6, 6.07) is 5.79. The smallest absolute Gasteiger partial charge is 0.342 e. The summed E-state index contributed by atoms with van der Waals surface area (Å²) in [5, 5.41) is 6.49. The maximum absolute atomic E-state index is 13.2. The van der Waals surface area contributed by atoms with Crippen LogP contribution < -0.4 is 10.6 Å². The zero-order valence-electron chi connectivity index (χ0n) is 19.6. The molecule has 2 N–H and O–H groups in total. The minimum absolute atomic E-state index is 0.00149. The fourth-order valence-corrected chi connectivity index (χ4v) is 6.08. The van der Waals surface area contributed by atoms with Gasteiger partial charge in [-0.15, -0.1) is 11.3 Å². The molecule has 4 rings (SSSR count). The van der Waals surface area contributed by atoms with Gasteiger partial charge in [-0.05, 0) is 69.6 Å². The molecule has 0 radical (unpaired) electrons. The van der Waals surface area contributed by atoms with Gasteiger partial charge in [-0.1, -0.05) is 37.5 Å². The largest absolute Gasteiger partial charge is 0.449 e. The lowest BCUT2D eigenvalue weighted by Gasteiger charge is -2.21. The molecule has 1 unspecified atom stereocenters. The van der Waals surface area contributed by atoms with Crippen molar-refractivity contribution in [2.24, 2.45) is 5.92 Å². The van der Waals surface area contributed by atoms with Crippen molar-refractivity contribution in [2.75, 3.05) is 10.6 Å². The zero-order valence-corrected chi connectivity index (χ0v) is 20.4. The number of carbonyl (C=O) groups excluding carboxylic acids is 3. The van der Waals surface area contributed by atoms with Crippen molar-refractivity contribution < 1.29 is 19.1 Å². The summed E-state index contributed by atoms with van der Waals surface area (Å²) in [4.78, 5) is 39.9. The number of aryl methyl sites for hydroxylation is 3. The highest BCUT2D eigenvalue weighted by Crippen LogP contribution is 2.40. The molecular formula is C26H32N2O4S. The van der Waals surface area contributed by atoms with Crippen LogP contribution in [0.5, 0.6) is 0 Å². The maximum atomic E-state index is 13.2. The third-order valence-electron chi connectivity index (χ3n) is 6.72. The Balaban J connectivity index is 1.48. The molecule has 0 saturated heterocycles. The topological polar surface area (TPSA) is 84.5 Å². The number of fused-ring (bicyclic) bond motifs is 1. The molecule has 1 fully saturated rings. The normalized spacial score (nSPS) is 16.7. The van der Waals surface area contributed by atoms with E-state index in [1.165, 1.54) is 17.8 Å². The van der Waals surface area contributed by atoms with Crippen LogP contribution in [0.25, 0.3) is 0 Å². The second kappa shape index (κ2) is 10.1. The second-order valence-corrected chi connectivity index (χ2v) is 10.3. The Morgan fingerprint density at radius 3 is 2.39 bits per heavy atom. The number of carbonyl (C=O) groups is 3. The van der Waals surface area contributed by atoms with E-state index in [4.69, 9.17) is 4.74 Å². The molecule has 1 saturated carbocycles. The summed E-state index contributed by atoms with van der Waals surface area (Å²) in [5.74, 6) is -0.927. The van der Waals surface area contributed by atoms with Crippen molar-refractivity contribution in [3.05, 3.63) is 45.3 Å². The molecule has 0 bridgehead atoms. The fraction of sp³-hybridized carbons (Fsp3) is 0.500. The van der Waals surface area contributed by atoms with Crippen molar-refractivity contribution in [1.82, 2.24) is 0 Å². The van der Waals surface area contributed by atoms with Crippen LogP contribution >= 0.6 is 11.3 Å². The lowest BCUT2D eigenvalue weighted by atomic mass is 9.89. The monoisotopic (exact) mass is 468 g/mol. The van der Waals surface area contributed by atoms with Gasteiger partial charge in [0.2, 0.25) is 5.91 Å². The van der Waals surface area contributed by atoms with E-state index in [1.807, 2.05) is 32.0 Å². The molecular weight excluding hydrogens is 436 g/mol. The molecule has 0 aliphatic heterocycles. The van der Waals surface area contributed by atoms with Gasteiger partial charge in [-0.3, -0.25) is 9.59 Å². The number of nitrogens with one attached hydrogen (secondary N) is 2. The Hall–Kier alpha value is -2.67. The number of esters is 1. The van der Waals surface area contributed by atoms with Crippen LogP contribution in [0.1, 0.15) is 77.4 Å². The predicted octanol–water partition coefficient (Wildman–Crippen LogP) is 5.56. The van der Waals surface area contributed by atoms with E-state index in [-0.39, 0.29) is 17.7 Å². The molecule has 6 nitrogen and oxygen atoms in total. The third kappa shape index (κ3) is 5.13. The fourth-order valence-electron chi connectivity index (χ4n) is 4.80.